The molecule has 0 radical (unpaired) electrons. The monoisotopic (exact) mass is 232 g/mol. The van der Waals surface area contributed by atoms with Gasteiger partial charge in [-0.2, -0.15) is 0 Å². The molecule has 0 spiro atoms. The van der Waals surface area contributed by atoms with E-state index in [0.29, 0.717) is 0 Å². The highest BCUT2D eigenvalue weighted by Gasteiger charge is 1.97. The van der Waals surface area contributed by atoms with Crippen LogP contribution >= 0.6 is 0 Å². The van der Waals surface area contributed by atoms with Gasteiger partial charge in [0.15, 0.2) is 0 Å². The first kappa shape index (κ1) is 13.0. The average molecular weight is 232 g/mol. The summed E-state index contributed by atoms with van der Waals surface area (Å²) in [6.45, 7) is 0. The van der Waals surface area contributed by atoms with Crippen LogP contribution in [0.2, 0.25) is 0 Å². The molecule has 0 unspecified atom stereocenters. The number of hydrogen-bond acceptors (Lipinski definition) is 4. The van der Waals surface area contributed by atoms with E-state index < -0.39 is 0 Å². The smallest absolute Gasteiger partial charge is 0.0485 e. The molecule has 0 saturated heterocycles. The van der Waals surface area contributed by atoms with Crippen molar-refractivity contribution < 1.29 is 5.48 Å². The molecule has 0 aliphatic rings. The normalized spacial score (nSPS) is 9.29. The Morgan fingerprint density at radius 2 is 0.882 bits per heavy atom. The van der Waals surface area contributed by atoms with Crippen molar-refractivity contribution in [2.75, 3.05) is 10.9 Å². The van der Waals surface area contributed by atoms with Gasteiger partial charge in [-0.05, 0) is 35.4 Å². The lowest BCUT2D eigenvalue weighted by atomic mass is 10.1. The van der Waals surface area contributed by atoms with Crippen molar-refractivity contribution in [3.63, 3.8) is 0 Å². The summed E-state index contributed by atoms with van der Waals surface area (Å²) in [4.78, 5) is 0. The van der Waals surface area contributed by atoms with E-state index in [1.807, 2.05) is 48.5 Å². The van der Waals surface area contributed by atoms with Gasteiger partial charge in [0.2, 0.25) is 0 Å². The first-order valence-electron chi connectivity index (χ1n) is 4.97. The fraction of sp³-hybridized carbons (Fsp3) is 0. The Kier molecular flexibility index (Phi) is 4.47. The van der Waals surface area contributed by atoms with Crippen LogP contribution in [0.4, 0.5) is 11.4 Å². The molecule has 0 saturated carbocycles. The quantitative estimate of drug-likeness (QED) is 0.469. The Morgan fingerprint density at radius 1 is 0.588 bits per heavy atom. The standard InChI is InChI=1S/C12H14N4.H2O/c13-15-11-5-1-9(2-6-11)10-3-7-12(16-14)8-4-10;/h1-8,15-16H,13-14H2;1H2. The van der Waals surface area contributed by atoms with E-state index in [9.17, 15) is 0 Å². The molecule has 2 aromatic carbocycles. The van der Waals surface area contributed by atoms with Crippen LogP contribution in [0, 0.1) is 0 Å². The highest BCUT2D eigenvalue weighted by molar-refractivity contribution is 5.67. The van der Waals surface area contributed by atoms with Crippen molar-refractivity contribution in [1.82, 2.24) is 0 Å². The number of benzene rings is 2. The summed E-state index contributed by atoms with van der Waals surface area (Å²) >= 11 is 0. The van der Waals surface area contributed by atoms with Gasteiger partial charge < -0.3 is 16.3 Å². The number of hydrogen-bond donors (Lipinski definition) is 4. The Balaban J connectivity index is 0.00000144. The molecule has 8 N–H and O–H groups in total. The number of nitrogen functional groups attached to an aromatic ring is 2. The molecule has 17 heavy (non-hydrogen) atoms. The topological polar surface area (TPSA) is 108 Å². The zero-order chi connectivity index (χ0) is 11.4. The largest absolute Gasteiger partial charge is 0.412 e. The molecule has 0 heterocycles. The van der Waals surface area contributed by atoms with Crippen LogP contribution in [0.15, 0.2) is 48.5 Å². The number of nitrogens with one attached hydrogen (secondary N) is 2. The molecule has 2 aromatic rings. The third kappa shape index (κ3) is 2.94. The van der Waals surface area contributed by atoms with Crippen LogP contribution in [0.1, 0.15) is 0 Å². The van der Waals surface area contributed by atoms with Crippen molar-refractivity contribution in [2.24, 2.45) is 11.7 Å². The third-order valence-corrected chi connectivity index (χ3v) is 2.44. The first-order valence-corrected chi connectivity index (χ1v) is 4.97. The lowest BCUT2D eigenvalue weighted by Gasteiger charge is -2.05. The fourth-order valence-electron chi connectivity index (χ4n) is 1.52. The Hall–Kier alpha value is -2.08. The summed E-state index contributed by atoms with van der Waals surface area (Å²) in [6, 6.07) is 15.8. The molecule has 0 atom stereocenters. The van der Waals surface area contributed by atoms with Crippen LogP contribution in [0.25, 0.3) is 11.1 Å². The maximum Gasteiger partial charge on any atom is 0.0485 e. The van der Waals surface area contributed by atoms with Crippen molar-refractivity contribution in [3.8, 4) is 11.1 Å². The van der Waals surface area contributed by atoms with Crippen LogP contribution < -0.4 is 22.5 Å². The number of anilines is 2. The van der Waals surface area contributed by atoms with Crippen molar-refractivity contribution in [1.29, 1.82) is 0 Å². The second-order valence-electron chi connectivity index (χ2n) is 3.44. The van der Waals surface area contributed by atoms with Crippen molar-refractivity contribution >= 4 is 11.4 Å². The van der Waals surface area contributed by atoms with Gasteiger partial charge in [0.25, 0.3) is 0 Å². The predicted octanol–water partition coefficient (Wildman–Crippen LogP) is 1.10. The summed E-state index contributed by atoms with van der Waals surface area (Å²) in [7, 11) is 0. The van der Waals surface area contributed by atoms with E-state index in [-0.39, 0.29) is 5.48 Å². The maximum atomic E-state index is 5.30. The van der Waals surface area contributed by atoms with Crippen molar-refractivity contribution in [2.45, 2.75) is 0 Å². The van der Waals surface area contributed by atoms with Gasteiger partial charge in [-0.3, -0.25) is 11.7 Å². The second kappa shape index (κ2) is 5.86. The molecular weight excluding hydrogens is 216 g/mol. The number of nitrogens with two attached hydrogens (primary N) is 2. The third-order valence-electron chi connectivity index (χ3n) is 2.44. The average Bonchev–Trinajstić information content (AvgIpc) is 2.39. The van der Waals surface area contributed by atoms with Gasteiger partial charge in [0.1, 0.15) is 0 Å². The van der Waals surface area contributed by atoms with Gasteiger partial charge in [0.05, 0.1) is 0 Å². The van der Waals surface area contributed by atoms with E-state index >= 15 is 0 Å². The predicted molar refractivity (Wildman–Crippen MR) is 71.1 cm³/mol. The SMILES string of the molecule is NNc1ccc(-c2ccc(NN)cc2)cc1.O. The minimum atomic E-state index is 0. The van der Waals surface area contributed by atoms with Crippen LogP contribution in [-0.4, -0.2) is 5.48 Å². The molecule has 0 bridgehead atoms. The van der Waals surface area contributed by atoms with Gasteiger partial charge in [-0.15, -0.1) is 0 Å². The first-order chi connectivity index (χ1) is 7.83. The summed E-state index contributed by atoms with van der Waals surface area (Å²) in [5, 5.41) is 0. The molecule has 0 aliphatic heterocycles. The Bertz CT molecular complexity index is 407. The van der Waals surface area contributed by atoms with Crippen LogP contribution in [-0.2, 0) is 0 Å². The second-order valence-corrected chi connectivity index (χ2v) is 3.44. The lowest BCUT2D eigenvalue weighted by molar-refractivity contribution is 0.824. The maximum absolute atomic E-state index is 5.30. The minimum absolute atomic E-state index is 0. The van der Waals surface area contributed by atoms with Gasteiger partial charge >= 0.3 is 0 Å². The van der Waals surface area contributed by atoms with Gasteiger partial charge in [0, 0.05) is 11.4 Å². The molecule has 0 aromatic heterocycles. The summed E-state index contributed by atoms with van der Waals surface area (Å²) in [5.41, 5.74) is 9.26. The van der Waals surface area contributed by atoms with Gasteiger partial charge in [-0.1, -0.05) is 24.3 Å². The highest BCUT2D eigenvalue weighted by Crippen LogP contribution is 2.22. The van der Waals surface area contributed by atoms with Gasteiger partial charge in [-0.25, -0.2) is 0 Å². The van der Waals surface area contributed by atoms with E-state index in [1.54, 1.807) is 0 Å². The molecule has 0 fully saturated rings. The summed E-state index contributed by atoms with van der Waals surface area (Å²) in [6.07, 6.45) is 0. The van der Waals surface area contributed by atoms with Crippen molar-refractivity contribution in [3.05, 3.63) is 48.5 Å². The Morgan fingerprint density at radius 3 is 1.12 bits per heavy atom. The number of rotatable bonds is 3. The minimum Gasteiger partial charge on any atom is -0.412 e. The zero-order valence-electron chi connectivity index (χ0n) is 9.27. The molecule has 90 valence electrons. The van der Waals surface area contributed by atoms with E-state index in [0.717, 1.165) is 22.5 Å². The molecule has 0 aliphatic carbocycles. The number of hydrazine groups is 2. The van der Waals surface area contributed by atoms with Crippen LogP contribution in [0.5, 0.6) is 0 Å². The van der Waals surface area contributed by atoms with E-state index in [2.05, 4.69) is 10.9 Å². The fourth-order valence-corrected chi connectivity index (χ4v) is 1.52. The highest BCUT2D eigenvalue weighted by atomic mass is 16.0. The molecular formula is C12H16N4O. The van der Waals surface area contributed by atoms with E-state index in [1.165, 1.54) is 0 Å². The molecule has 5 heteroatoms. The van der Waals surface area contributed by atoms with Crippen LogP contribution in [0.3, 0.4) is 0 Å². The van der Waals surface area contributed by atoms with E-state index in [4.69, 9.17) is 11.7 Å². The molecule has 0 amide bonds. The molecule has 2 rings (SSSR count). The summed E-state index contributed by atoms with van der Waals surface area (Å²) < 4.78 is 0. The summed E-state index contributed by atoms with van der Waals surface area (Å²) in [5.74, 6) is 10.6. The zero-order valence-corrected chi connectivity index (χ0v) is 9.27. The lowest BCUT2D eigenvalue weighted by Crippen LogP contribution is -2.06. The Labute approximate surface area is 99.7 Å². The molecule has 5 nitrogen and oxygen atoms in total.